The molecule has 0 aromatic carbocycles. The summed E-state index contributed by atoms with van der Waals surface area (Å²) in [5.41, 5.74) is 0. The van der Waals surface area contributed by atoms with Crippen LogP contribution in [0.5, 0.6) is 0 Å². The smallest absolute Gasteiger partial charge is 0.261 e. The fourth-order valence-corrected chi connectivity index (χ4v) is 1.84. The molecule has 0 amide bonds. The zero-order valence-electron chi connectivity index (χ0n) is 5.44. The van der Waals surface area contributed by atoms with Crippen LogP contribution >= 0.6 is 0 Å². The van der Waals surface area contributed by atoms with E-state index in [4.69, 9.17) is 0 Å². The maximum absolute atomic E-state index is 12.5. The van der Waals surface area contributed by atoms with Crippen LogP contribution in [0.3, 0.4) is 0 Å². The molecule has 10 heavy (non-hydrogen) atoms. The van der Waals surface area contributed by atoms with Gasteiger partial charge in [-0.3, -0.25) is 4.79 Å². The quantitative estimate of drug-likeness (QED) is 0.507. The van der Waals surface area contributed by atoms with Gasteiger partial charge in [0.2, 0.25) is 0 Å². The maximum atomic E-state index is 12.5. The first kappa shape index (κ1) is 6.25. The lowest BCUT2D eigenvalue weighted by molar-refractivity contribution is -0.122. The standard InChI is InChI=1S/C7H8F2O/c8-7(9)4-2-1-3-5(10)6(4)7/h4,6H,1-3H2/t4-,6-/m0/s1. The molecule has 0 aromatic heterocycles. The molecule has 0 N–H and O–H groups in total. The Morgan fingerprint density at radius 2 is 2.20 bits per heavy atom. The third-order valence-corrected chi connectivity index (χ3v) is 2.49. The summed E-state index contributed by atoms with van der Waals surface area (Å²) >= 11 is 0. The van der Waals surface area contributed by atoms with Crippen LogP contribution in [-0.2, 0) is 4.79 Å². The Morgan fingerprint density at radius 3 is 2.70 bits per heavy atom. The van der Waals surface area contributed by atoms with E-state index in [1.54, 1.807) is 0 Å². The van der Waals surface area contributed by atoms with Gasteiger partial charge in [0, 0.05) is 12.3 Å². The van der Waals surface area contributed by atoms with Crippen molar-refractivity contribution in [1.29, 1.82) is 0 Å². The van der Waals surface area contributed by atoms with Gasteiger partial charge in [-0.05, 0) is 12.8 Å². The summed E-state index contributed by atoms with van der Waals surface area (Å²) in [6, 6.07) is 0. The average Bonchev–Trinajstić information content (AvgIpc) is 2.38. The molecule has 0 aliphatic heterocycles. The molecule has 2 aliphatic carbocycles. The molecule has 0 saturated heterocycles. The third-order valence-electron chi connectivity index (χ3n) is 2.49. The van der Waals surface area contributed by atoms with Crippen molar-refractivity contribution >= 4 is 5.78 Å². The molecule has 2 atom stereocenters. The van der Waals surface area contributed by atoms with Gasteiger partial charge < -0.3 is 0 Å². The van der Waals surface area contributed by atoms with Crippen LogP contribution in [0.2, 0.25) is 0 Å². The van der Waals surface area contributed by atoms with E-state index < -0.39 is 17.8 Å². The number of carbonyl (C=O) groups is 1. The van der Waals surface area contributed by atoms with Crippen LogP contribution in [0, 0.1) is 11.8 Å². The molecular formula is C7H8F2O. The minimum Gasteiger partial charge on any atom is -0.299 e. The fraction of sp³-hybridized carbons (Fsp3) is 0.857. The first-order valence-electron chi connectivity index (χ1n) is 3.54. The monoisotopic (exact) mass is 146 g/mol. The minimum atomic E-state index is -2.63. The van der Waals surface area contributed by atoms with Crippen molar-refractivity contribution < 1.29 is 13.6 Å². The van der Waals surface area contributed by atoms with Crippen molar-refractivity contribution in [1.82, 2.24) is 0 Å². The Balaban J connectivity index is 2.18. The number of hydrogen-bond donors (Lipinski definition) is 0. The van der Waals surface area contributed by atoms with E-state index >= 15 is 0 Å². The number of halogens is 2. The van der Waals surface area contributed by atoms with Crippen LogP contribution in [0.25, 0.3) is 0 Å². The molecule has 3 heteroatoms. The Hall–Kier alpha value is -0.470. The summed E-state index contributed by atoms with van der Waals surface area (Å²) in [7, 11) is 0. The lowest BCUT2D eigenvalue weighted by Crippen LogP contribution is -2.08. The molecule has 56 valence electrons. The second-order valence-electron chi connectivity index (χ2n) is 3.12. The average molecular weight is 146 g/mol. The van der Waals surface area contributed by atoms with E-state index in [9.17, 15) is 13.6 Å². The van der Waals surface area contributed by atoms with Crippen molar-refractivity contribution in [2.24, 2.45) is 11.8 Å². The summed E-state index contributed by atoms with van der Waals surface area (Å²) in [4.78, 5) is 10.8. The zero-order chi connectivity index (χ0) is 7.35. The van der Waals surface area contributed by atoms with Crippen molar-refractivity contribution in [3.8, 4) is 0 Å². The molecule has 0 bridgehead atoms. The van der Waals surface area contributed by atoms with Crippen LogP contribution in [0.15, 0.2) is 0 Å². The predicted octanol–water partition coefficient (Wildman–Crippen LogP) is 1.62. The Morgan fingerprint density at radius 1 is 1.50 bits per heavy atom. The minimum absolute atomic E-state index is 0.221. The molecule has 2 rings (SSSR count). The van der Waals surface area contributed by atoms with Crippen LogP contribution in [0.4, 0.5) is 8.78 Å². The second kappa shape index (κ2) is 1.57. The van der Waals surface area contributed by atoms with E-state index in [2.05, 4.69) is 0 Å². The van der Waals surface area contributed by atoms with Gasteiger partial charge >= 0.3 is 0 Å². The Labute approximate surface area is 57.4 Å². The van der Waals surface area contributed by atoms with Gasteiger partial charge in [-0.25, -0.2) is 8.78 Å². The molecule has 0 radical (unpaired) electrons. The molecule has 0 unspecified atom stereocenters. The van der Waals surface area contributed by atoms with Gasteiger partial charge in [0.1, 0.15) is 5.78 Å². The summed E-state index contributed by atoms with van der Waals surface area (Å²) in [6.07, 6.45) is 1.58. The number of rotatable bonds is 0. The highest BCUT2D eigenvalue weighted by atomic mass is 19.3. The predicted molar refractivity (Wildman–Crippen MR) is 30.8 cm³/mol. The Kier molecular flexibility index (Phi) is 0.984. The van der Waals surface area contributed by atoms with E-state index in [1.165, 1.54) is 0 Å². The Bertz CT molecular complexity index is 188. The van der Waals surface area contributed by atoms with Crippen molar-refractivity contribution in [2.45, 2.75) is 25.2 Å². The van der Waals surface area contributed by atoms with E-state index in [0.717, 1.165) is 0 Å². The topological polar surface area (TPSA) is 17.1 Å². The van der Waals surface area contributed by atoms with Crippen LogP contribution in [-0.4, -0.2) is 11.7 Å². The fourth-order valence-electron chi connectivity index (χ4n) is 1.84. The summed E-state index contributed by atoms with van der Waals surface area (Å²) in [6.45, 7) is 0. The van der Waals surface area contributed by atoms with Crippen molar-refractivity contribution in [2.75, 3.05) is 0 Å². The normalized spacial score (nSPS) is 42.8. The molecule has 2 aliphatic rings. The zero-order valence-corrected chi connectivity index (χ0v) is 5.44. The van der Waals surface area contributed by atoms with Crippen molar-refractivity contribution in [3.63, 3.8) is 0 Å². The van der Waals surface area contributed by atoms with E-state index in [0.29, 0.717) is 19.3 Å². The highest BCUT2D eigenvalue weighted by Gasteiger charge is 2.71. The number of ketones is 1. The SMILES string of the molecule is O=C1CCC[C@H]2[C@@H]1C2(F)F. The van der Waals surface area contributed by atoms with Gasteiger partial charge in [0.15, 0.2) is 0 Å². The lowest BCUT2D eigenvalue weighted by Gasteiger charge is -2.02. The molecule has 0 spiro atoms. The van der Waals surface area contributed by atoms with E-state index in [-0.39, 0.29) is 5.78 Å². The van der Waals surface area contributed by atoms with Gasteiger partial charge in [-0.2, -0.15) is 0 Å². The van der Waals surface area contributed by atoms with Crippen molar-refractivity contribution in [3.05, 3.63) is 0 Å². The molecule has 0 aromatic rings. The van der Waals surface area contributed by atoms with Gasteiger partial charge in [0.05, 0.1) is 5.92 Å². The third kappa shape index (κ3) is 0.580. The number of alkyl halides is 2. The number of fused-ring (bicyclic) bond motifs is 1. The first-order valence-corrected chi connectivity index (χ1v) is 3.54. The molecular weight excluding hydrogens is 138 g/mol. The highest BCUT2D eigenvalue weighted by molar-refractivity contribution is 5.86. The number of Topliss-reactive ketones (excluding diaryl/α,β-unsaturated/α-hetero) is 1. The summed E-state index contributed by atoms with van der Waals surface area (Å²) in [5, 5.41) is 0. The molecule has 0 heterocycles. The van der Waals surface area contributed by atoms with Crippen LogP contribution < -0.4 is 0 Å². The largest absolute Gasteiger partial charge is 0.299 e. The van der Waals surface area contributed by atoms with E-state index in [1.807, 2.05) is 0 Å². The molecule has 2 saturated carbocycles. The van der Waals surface area contributed by atoms with Gasteiger partial charge in [0.25, 0.3) is 5.92 Å². The lowest BCUT2D eigenvalue weighted by atomic mass is 10.00. The summed E-state index contributed by atoms with van der Waals surface area (Å²) in [5.74, 6) is -4.33. The first-order chi connectivity index (χ1) is 4.64. The summed E-state index contributed by atoms with van der Waals surface area (Å²) < 4.78 is 25.1. The van der Waals surface area contributed by atoms with Gasteiger partial charge in [-0.15, -0.1) is 0 Å². The van der Waals surface area contributed by atoms with Crippen LogP contribution in [0.1, 0.15) is 19.3 Å². The molecule has 1 nitrogen and oxygen atoms in total. The second-order valence-corrected chi connectivity index (χ2v) is 3.12. The maximum Gasteiger partial charge on any atom is 0.261 e. The number of hydrogen-bond acceptors (Lipinski definition) is 1. The highest BCUT2D eigenvalue weighted by Crippen LogP contribution is 2.60. The molecule has 2 fully saturated rings. The van der Waals surface area contributed by atoms with Gasteiger partial charge in [-0.1, -0.05) is 0 Å². The number of carbonyl (C=O) groups excluding carboxylic acids is 1.